The van der Waals surface area contributed by atoms with Gasteiger partial charge in [0.1, 0.15) is 11.4 Å². The van der Waals surface area contributed by atoms with Gasteiger partial charge in [-0.2, -0.15) is 0 Å². The molecular weight excluding hydrogens is 275 g/mol. The molecule has 1 aromatic rings. The van der Waals surface area contributed by atoms with Crippen molar-refractivity contribution in [3.8, 4) is 0 Å². The predicted molar refractivity (Wildman–Crippen MR) is 65.7 cm³/mol. The van der Waals surface area contributed by atoms with Crippen LogP contribution < -0.4 is 0 Å². The van der Waals surface area contributed by atoms with Crippen LogP contribution in [0.15, 0.2) is 23.8 Å². The molecule has 6 heteroatoms. The molecule has 0 N–H and O–H groups in total. The summed E-state index contributed by atoms with van der Waals surface area (Å²) in [6.07, 6.45) is 1.19. The number of hydrogen-bond donors (Lipinski definition) is 0. The highest BCUT2D eigenvalue weighted by atomic mass is 35.5. The number of carbonyl (C=O) groups excluding carboxylic acids is 2. The number of ether oxygens (including phenoxy) is 2. The Morgan fingerprint density at radius 1 is 1.21 bits per heavy atom. The Bertz CT molecular complexity index is 570. The predicted octanol–water partition coefficient (Wildman–Crippen LogP) is 2.70. The number of benzene rings is 1. The average Bonchev–Trinajstić information content (AvgIpc) is 2.27. The van der Waals surface area contributed by atoms with E-state index in [1.165, 1.54) is 32.1 Å². The van der Waals surface area contributed by atoms with E-state index in [0.29, 0.717) is 5.56 Å². The highest BCUT2D eigenvalue weighted by Crippen LogP contribution is 2.25. The molecule has 100 valence electrons. The standard InChI is InChI=1S/C13H10ClFO4/c1-13(2)18-11(16)8(12(17)19-13)5-7-3-4-9(14)10(15)6-7/h3-6H,1-2H3. The van der Waals surface area contributed by atoms with Crippen LogP contribution in [0.5, 0.6) is 0 Å². The molecule has 4 nitrogen and oxygen atoms in total. The lowest BCUT2D eigenvalue weighted by atomic mass is 10.1. The van der Waals surface area contributed by atoms with Crippen molar-refractivity contribution >= 4 is 29.6 Å². The molecule has 0 amide bonds. The van der Waals surface area contributed by atoms with Crippen molar-refractivity contribution in [3.05, 3.63) is 40.2 Å². The molecule has 1 heterocycles. The Morgan fingerprint density at radius 3 is 2.32 bits per heavy atom. The smallest absolute Gasteiger partial charge is 0.348 e. The van der Waals surface area contributed by atoms with Crippen LogP contribution in [0.1, 0.15) is 19.4 Å². The van der Waals surface area contributed by atoms with Crippen molar-refractivity contribution in [1.82, 2.24) is 0 Å². The Hall–Kier alpha value is -1.88. The van der Waals surface area contributed by atoms with E-state index in [2.05, 4.69) is 0 Å². The summed E-state index contributed by atoms with van der Waals surface area (Å²) >= 11 is 5.54. The fourth-order valence-electron chi connectivity index (χ4n) is 1.55. The summed E-state index contributed by atoms with van der Waals surface area (Å²) in [4.78, 5) is 23.3. The lowest BCUT2D eigenvalue weighted by molar-refractivity contribution is -0.222. The molecule has 1 saturated heterocycles. The molecule has 1 aliphatic rings. The first kappa shape index (κ1) is 13.5. The minimum Gasteiger partial charge on any atom is -0.419 e. The number of halogens is 2. The van der Waals surface area contributed by atoms with Gasteiger partial charge < -0.3 is 9.47 Å². The SMILES string of the molecule is CC1(C)OC(=O)C(=Cc2ccc(Cl)c(F)c2)C(=O)O1. The van der Waals surface area contributed by atoms with Gasteiger partial charge in [-0.05, 0) is 23.8 Å². The molecule has 1 fully saturated rings. The fraction of sp³-hybridized carbons (Fsp3) is 0.231. The second kappa shape index (κ2) is 4.66. The lowest BCUT2D eigenvalue weighted by Crippen LogP contribution is -2.41. The Labute approximate surface area is 113 Å². The lowest BCUT2D eigenvalue weighted by Gasteiger charge is -2.29. The molecule has 1 aromatic carbocycles. The van der Waals surface area contributed by atoms with Crippen LogP contribution in [0.4, 0.5) is 4.39 Å². The van der Waals surface area contributed by atoms with Gasteiger partial charge in [0.25, 0.3) is 5.79 Å². The third-order valence-corrected chi connectivity index (χ3v) is 2.68. The molecule has 0 saturated carbocycles. The third-order valence-electron chi connectivity index (χ3n) is 2.37. The van der Waals surface area contributed by atoms with Gasteiger partial charge in [0.2, 0.25) is 0 Å². The largest absolute Gasteiger partial charge is 0.419 e. The molecule has 0 aromatic heterocycles. The maximum Gasteiger partial charge on any atom is 0.348 e. The zero-order valence-corrected chi connectivity index (χ0v) is 11.0. The number of cyclic esters (lactones) is 2. The van der Waals surface area contributed by atoms with Crippen molar-refractivity contribution in [3.63, 3.8) is 0 Å². The second-order valence-electron chi connectivity index (χ2n) is 4.41. The minimum absolute atomic E-state index is 0.0444. The Balaban J connectivity index is 2.35. The van der Waals surface area contributed by atoms with E-state index in [1.54, 1.807) is 0 Å². The highest BCUT2D eigenvalue weighted by Gasteiger charge is 2.38. The van der Waals surface area contributed by atoms with E-state index in [0.717, 1.165) is 6.07 Å². The summed E-state index contributed by atoms with van der Waals surface area (Å²) < 4.78 is 23.1. The van der Waals surface area contributed by atoms with Gasteiger partial charge in [-0.3, -0.25) is 0 Å². The quantitative estimate of drug-likeness (QED) is 0.452. The molecular formula is C13H10ClFO4. The maximum atomic E-state index is 13.3. The van der Waals surface area contributed by atoms with Gasteiger partial charge in [0, 0.05) is 13.8 Å². The minimum atomic E-state index is -1.29. The van der Waals surface area contributed by atoms with E-state index < -0.39 is 23.5 Å². The summed E-state index contributed by atoms with van der Waals surface area (Å²) in [5, 5.41) is -0.0444. The Morgan fingerprint density at radius 2 is 1.79 bits per heavy atom. The normalized spacial score (nSPS) is 17.8. The van der Waals surface area contributed by atoms with Gasteiger partial charge >= 0.3 is 11.9 Å². The van der Waals surface area contributed by atoms with Crippen molar-refractivity contribution in [2.24, 2.45) is 0 Å². The van der Waals surface area contributed by atoms with Gasteiger partial charge in [0.05, 0.1) is 5.02 Å². The van der Waals surface area contributed by atoms with Crippen LogP contribution in [0.3, 0.4) is 0 Å². The first-order valence-electron chi connectivity index (χ1n) is 5.42. The van der Waals surface area contributed by atoms with Crippen LogP contribution >= 0.6 is 11.6 Å². The molecule has 0 unspecified atom stereocenters. The molecule has 0 spiro atoms. The molecule has 0 bridgehead atoms. The summed E-state index contributed by atoms with van der Waals surface area (Å²) in [5.74, 6) is -3.56. The van der Waals surface area contributed by atoms with E-state index in [4.69, 9.17) is 21.1 Å². The van der Waals surface area contributed by atoms with Crippen molar-refractivity contribution in [2.75, 3.05) is 0 Å². The van der Waals surface area contributed by atoms with Crippen LogP contribution in [0.2, 0.25) is 5.02 Å². The van der Waals surface area contributed by atoms with Crippen molar-refractivity contribution in [2.45, 2.75) is 19.6 Å². The van der Waals surface area contributed by atoms with Crippen LogP contribution in [-0.2, 0) is 19.1 Å². The molecule has 0 atom stereocenters. The van der Waals surface area contributed by atoms with E-state index in [1.807, 2.05) is 0 Å². The third kappa shape index (κ3) is 2.93. The van der Waals surface area contributed by atoms with Crippen LogP contribution in [0.25, 0.3) is 6.08 Å². The van der Waals surface area contributed by atoms with Crippen LogP contribution in [0, 0.1) is 5.82 Å². The highest BCUT2D eigenvalue weighted by molar-refractivity contribution is 6.30. The first-order valence-corrected chi connectivity index (χ1v) is 5.80. The van der Waals surface area contributed by atoms with Gasteiger partial charge in [0.15, 0.2) is 0 Å². The van der Waals surface area contributed by atoms with Gasteiger partial charge in [-0.15, -0.1) is 0 Å². The molecule has 0 radical (unpaired) electrons. The molecule has 0 aliphatic carbocycles. The average molecular weight is 285 g/mol. The van der Waals surface area contributed by atoms with Crippen molar-refractivity contribution < 1.29 is 23.5 Å². The Kier molecular flexibility index (Phi) is 3.32. The summed E-state index contributed by atoms with van der Waals surface area (Å²) in [6, 6.07) is 3.90. The first-order chi connectivity index (χ1) is 8.78. The monoisotopic (exact) mass is 284 g/mol. The zero-order chi connectivity index (χ0) is 14.2. The molecule has 1 aliphatic heterocycles. The van der Waals surface area contributed by atoms with E-state index in [9.17, 15) is 14.0 Å². The second-order valence-corrected chi connectivity index (χ2v) is 4.82. The van der Waals surface area contributed by atoms with Gasteiger partial charge in [-0.1, -0.05) is 17.7 Å². The number of hydrogen-bond acceptors (Lipinski definition) is 4. The number of carbonyl (C=O) groups is 2. The topological polar surface area (TPSA) is 52.6 Å². The number of esters is 2. The summed E-state index contributed by atoms with van der Waals surface area (Å²) in [5.41, 5.74) is 0.0200. The molecule has 19 heavy (non-hydrogen) atoms. The zero-order valence-electron chi connectivity index (χ0n) is 10.2. The fourth-order valence-corrected chi connectivity index (χ4v) is 1.66. The van der Waals surface area contributed by atoms with E-state index >= 15 is 0 Å². The van der Waals surface area contributed by atoms with Gasteiger partial charge in [-0.25, -0.2) is 14.0 Å². The maximum absolute atomic E-state index is 13.3. The van der Waals surface area contributed by atoms with E-state index in [-0.39, 0.29) is 10.6 Å². The van der Waals surface area contributed by atoms with Crippen LogP contribution in [-0.4, -0.2) is 17.7 Å². The van der Waals surface area contributed by atoms with Crippen molar-refractivity contribution in [1.29, 1.82) is 0 Å². The number of rotatable bonds is 1. The summed E-state index contributed by atoms with van der Waals surface area (Å²) in [6.45, 7) is 2.89. The summed E-state index contributed by atoms with van der Waals surface area (Å²) in [7, 11) is 0. The molecule has 2 rings (SSSR count).